The lowest BCUT2D eigenvalue weighted by Gasteiger charge is -2.38. The second kappa shape index (κ2) is 5.90. The summed E-state index contributed by atoms with van der Waals surface area (Å²) in [5, 5.41) is 10.2. The van der Waals surface area contributed by atoms with Crippen molar-refractivity contribution in [3.05, 3.63) is 42.2 Å². The third-order valence-corrected chi connectivity index (χ3v) is 3.63. The van der Waals surface area contributed by atoms with Crippen LogP contribution in [0.2, 0.25) is 0 Å². The highest BCUT2D eigenvalue weighted by atomic mass is 19.4. The highest BCUT2D eigenvalue weighted by Gasteiger charge is 2.32. The fraction of sp³-hybridized carbons (Fsp3) is 0.357. The first-order valence-electron chi connectivity index (χ1n) is 6.99. The lowest BCUT2D eigenvalue weighted by molar-refractivity contribution is -0.137. The van der Waals surface area contributed by atoms with Gasteiger partial charge in [-0.15, -0.1) is 5.10 Å². The van der Waals surface area contributed by atoms with Crippen LogP contribution in [0.1, 0.15) is 5.56 Å². The van der Waals surface area contributed by atoms with Gasteiger partial charge in [-0.1, -0.05) is 5.21 Å². The topological polar surface area (TPSA) is 63.1 Å². The highest BCUT2D eigenvalue weighted by Crippen LogP contribution is 2.30. The third-order valence-electron chi connectivity index (χ3n) is 3.63. The van der Waals surface area contributed by atoms with E-state index in [1.54, 1.807) is 22.0 Å². The van der Waals surface area contributed by atoms with Crippen molar-refractivity contribution >= 4 is 11.7 Å². The van der Waals surface area contributed by atoms with E-state index in [1.165, 1.54) is 12.1 Å². The summed E-state index contributed by atoms with van der Waals surface area (Å²) in [4.78, 5) is 13.6. The maximum Gasteiger partial charge on any atom is 0.416 e. The molecule has 1 N–H and O–H groups in total. The number of anilines is 1. The number of carbonyl (C=O) groups excluding carboxylic acids is 1. The number of halogens is 3. The predicted octanol–water partition coefficient (Wildman–Crippen LogP) is 2.46. The van der Waals surface area contributed by atoms with E-state index in [0.717, 1.165) is 12.1 Å². The maximum absolute atomic E-state index is 12.5. The zero-order valence-corrected chi connectivity index (χ0v) is 12.0. The average molecular weight is 325 g/mol. The molecule has 2 amide bonds. The molecule has 9 heteroatoms. The smallest absolute Gasteiger partial charge is 0.324 e. The van der Waals surface area contributed by atoms with Crippen molar-refractivity contribution in [2.75, 3.05) is 18.4 Å². The van der Waals surface area contributed by atoms with Gasteiger partial charge in [0, 0.05) is 37.4 Å². The van der Waals surface area contributed by atoms with Crippen molar-refractivity contribution in [1.29, 1.82) is 0 Å². The van der Waals surface area contributed by atoms with Crippen molar-refractivity contribution < 1.29 is 18.0 Å². The van der Waals surface area contributed by atoms with Crippen LogP contribution in [0.25, 0.3) is 0 Å². The number of nitrogens with one attached hydrogen (secondary N) is 1. The third kappa shape index (κ3) is 3.61. The molecule has 6 nitrogen and oxygen atoms in total. The molecule has 2 aromatic rings. The summed E-state index contributed by atoms with van der Waals surface area (Å²) in [7, 11) is 0. The van der Waals surface area contributed by atoms with Gasteiger partial charge in [0.2, 0.25) is 0 Å². The van der Waals surface area contributed by atoms with E-state index < -0.39 is 11.7 Å². The van der Waals surface area contributed by atoms with Crippen molar-refractivity contribution in [3.8, 4) is 0 Å². The Balaban J connectivity index is 1.49. The first kappa shape index (κ1) is 15.3. The van der Waals surface area contributed by atoms with Crippen molar-refractivity contribution in [1.82, 2.24) is 19.9 Å². The largest absolute Gasteiger partial charge is 0.416 e. The van der Waals surface area contributed by atoms with Gasteiger partial charge in [0.25, 0.3) is 0 Å². The van der Waals surface area contributed by atoms with E-state index in [2.05, 4.69) is 15.6 Å². The van der Waals surface area contributed by atoms with Gasteiger partial charge in [-0.2, -0.15) is 13.2 Å². The Bertz CT molecular complexity index is 663. The summed E-state index contributed by atoms with van der Waals surface area (Å²) in [6.07, 6.45) is -1.03. The number of rotatable bonds is 3. The van der Waals surface area contributed by atoms with E-state index in [-0.39, 0.29) is 6.03 Å². The second-order valence-corrected chi connectivity index (χ2v) is 5.40. The number of nitrogens with zero attached hydrogens (tertiary/aromatic N) is 4. The maximum atomic E-state index is 12.5. The summed E-state index contributed by atoms with van der Waals surface area (Å²) in [5.74, 6) is 0.301. The van der Waals surface area contributed by atoms with Crippen LogP contribution in [0, 0.1) is 5.92 Å². The summed E-state index contributed by atoms with van der Waals surface area (Å²) in [5.41, 5.74) is -0.407. The Hall–Kier alpha value is -2.58. The zero-order valence-electron chi connectivity index (χ0n) is 12.0. The standard InChI is InChI=1S/C14H14F3N5O/c15-14(16,17)11-1-3-12(4-2-11)19-13(23)21-7-10(8-21)9-22-6-5-18-20-22/h1-6,10H,7-9H2,(H,19,23). The fourth-order valence-corrected chi connectivity index (χ4v) is 2.39. The first-order chi connectivity index (χ1) is 10.9. The number of urea groups is 1. The summed E-state index contributed by atoms with van der Waals surface area (Å²) in [6, 6.07) is 4.05. The van der Waals surface area contributed by atoms with Crippen LogP contribution in [-0.4, -0.2) is 39.0 Å². The first-order valence-corrected chi connectivity index (χ1v) is 6.99. The van der Waals surface area contributed by atoms with Crippen LogP contribution in [0.4, 0.5) is 23.7 Å². The SMILES string of the molecule is O=C(Nc1ccc(C(F)(F)F)cc1)N1CC(Cn2ccnn2)C1. The number of hydrogen-bond donors (Lipinski definition) is 1. The van der Waals surface area contributed by atoms with Gasteiger partial charge in [-0.05, 0) is 24.3 Å². The van der Waals surface area contributed by atoms with Gasteiger partial charge >= 0.3 is 12.2 Å². The lowest BCUT2D eigenvalue weighted by Crippen LogP contribution is -2.53. The summed E-state index contributed by atoms with van der Waals surface area (Å²) < 4.78 is 39.1. The monoisotopic (exact) mass is 325 g/mol. The molecule has 1 aromatic carbocycles. The molecule has 1 aromatic heterocycles. The molecule has 0 radical (unpaired) electrons. The minimum absolute atomic E-state index is 0.301. The summed E-state index contributed by atoms with van der Waals surface area (Å²) >= 11 is 0. The quantitative estimate of drug-likeness (QED) is 0.943. The highest BCUT2D eigenvalue weighted by molar-refractivity contribution is 5.89. The number of hydrogen-bond acceptors (Lipinski definition) is 3. The van der Waals surface area contributed by atoms with Crippen LogP contribution in [0.15, 0.2) is 36.7 Å². The van der Waals surface area contributed by atoms with Gasteiger partial charge in [0.05, 0.1) is 11.8 Å². The van der Waals surface area contributed by atoms with E-state index in [9.17, 15) is 18.0 Å². The molecule has 3 rings (SSSR count). The molecule has 122 valence electrons. The average Bonchev–Trinajstić information content (AvgIpc) is 2.94. The van der Waals surface area contributed by atoms with E-state index >= 15 is 0 Å². The van der Waals surface area contributed by atoms with Crippen molar-refractivity contribution in [2.24, 2.45) is 5.92 Å². The number of carbonyl (C=O) groups is 1. The molecule has 0 atom stereocenters. The summed E-state index contributed by atoms with van der Waals surface area (Å²) in [6.45, 7) is 1.84. The molecule has 0 aliphatic carbocycles. The second-order valence-electron chi connectivity index (χ2n) is 5.40. The Kier molecular flexibility index (Phi) is 3.93. The Labute approximate surface area is 129 Å². The fourth-order valence-electron chi connectivity index (χ4n) is 2.39. The van der Waals surface area contributed by atoms with Crippen LogP contribution in [-0.2, 0) is 12.7 Å². The number of alkyl halides is 3. The molecule has 0 unspecified atom stereocenters. The Morgan fingerprint density at radius 1 is 1.26 bits per heavy atom. The molecule has 0 bridgehead atoms. The van der Waals surface area contributed by atoms with Gasteiger partial charge < -0.3 is 10.2 Å². The number of likely N-dealkylation sites (tertiary alicyclic amines) is 1. The minimum atomic E-state index is -4.38. The molecular weight excluding hydrogens is 311 g/mol. The molecule has 0 saturated carbocycles. The van der Waals surface area contributed by atoms with Crippen LogP contribution < -0.4 is 5.32 Å². The van der Waals surface area contributed by atoms with Crippen molar-refractivity contribution in [3.63, 3.8) is 0 Å². The molecule has 1 saturated heterocycles. The van der Waals surface area contributed by atoms with Gasteiger partial charge in [-0.3, -0.25) is 4.68 Å². The Morgan fingerprint density at radius 3 is 2.52 bits per heavy atom. The van der Waals surface area contributed by atoms with Crippen molar-refractivity contribution in [2.45, 2.75) is 12.7 Å². The normalized spacial score (nSPS) is 15.3. The van der Waals surface area contributed by atoms with Gasteiger partial charge in [0.15, 0.2) is 0 Å². The molecule has 2 heterocycles. The lowest BCUT2D eigenvalue weighted by atomic mass is 10.0. The number of amides is 2. The van der Waals surface area contributed by atoms with Gasteiger partial charge in [0.1, 0.15) is 0 Å². The van der Waals surface area contributed by atoms with E-state index in [1.807, 2.05) is 0 Å². The van der Waals surface area contributed by atoms with Gasteiger partial charge in [-0.25, -0.2) is 4.79 Å². The molecule has 1 aliphatic rings. The predicted molar refractivity (Wildman–Crippen MR) is 75.5 cm³/mol. The molecule has 0 spiro atoms. The molecule has 1 aliphatic heterocycles. The molecular formula is C14H14F3N5O. The molecule has 1 fully saturated rings. The van der Waals surface area contributed by atoms with Crippen LogP contribution >= 0.6 is 0 Å². The van der Waals surface area contributed by atoms with E-state index in [4.69, 9.17) is 0 Å². The Morgan fingerprint density at radius 2 is 1.96 bits per heavy atom. The number of benzene rings is 1. The van der Waals surface area contributed by atoms with Crippen LogP contribution in [0.3, 0.4) is 0 Å². The number of aromatic nitrogens is 3. The molecule has 23 heavy (non-hydrogen) atoms. The van der Waals surface area contributed by atoms with Crippen LogP contribution in [0.5, 0.6) is 0 Å². The minimum Gasteiger partial charge on any atom is -0.324 e. The van der Waals surface area contributed by atoms with E-state index in [0.29, 0.717) is 31.2 Å². The zero-order chi connectivity index (χ0) is 16.4.